The molecule has 6 nitrogen and oxygen atoms in total. The fourth-order valence-electron chi connectivity index (χ4n) is 1.77. The number of primary amides is 1. The van der Waals surface area contributed by atoms with Gasteiger partial charge < -0.3 is 21.9 Å². The second-order valence-corrected chi connectivity index (χ2v) is 4.33. The highest BCUT2D eigenvalue weighted by Gasteiger charge is 2.11. The van der Waals surface area contributed by atoms with Crippen LogP contribution in [0.5, 0.6) is 0 Å². The Hall–Kier alpha value is -2.60. The SMILES string of the molecule is NC(=O)c1cccnc1NCC(O)c1ccc(N)cc1. The summed E-state index contributed by atoms with van der Waals surface area (Å²) in [5.41, 5.74) is 12.5. The predicted octanol–water partition coefficient (Wildman–Crippen LogP) is 0.908. The molecular formula is C14H16N4O2. The van der Waals surface area contributed by atoms with E-state index in [0.29, 0.717) is 11.5 Å². The van der Waals surface area contributed by atoms with Gasteiger partial charge in [0, 0.05) is 18.4 Å². The van der Waals surface area contributed by atoms with Crippen LogP contribution in [0.15, 0.2) is 42.6 Å². The van der Waals surface area contributed by atoms with Crippen LogP contribution in [-0.2, 0) is 0 Å². The Morgan fingerprint density at radius 1 is 1.30 bits per heavy atom. The number of nitrogen functional groups attached to an aromatic ring is 1. The first-order chi connectivity index (χ1) is 9.58. The first-order valence-corrected chi connectivity index (χ1v) is 6.10. The lowest BCUT2D eigenvalue weighted by Gasteiger charge is -2.14. The van der Waals surface area contributed by atoms with Crippen LogP contribution in [0.3, 0.4) is 0 Å². The van der Waals surface area contributed by atoms with Gasteiger partial charge in [-0.05, 0) is 29.8 Å². The van der Waals surface area contributed by atoms with Crippen molar-refractivity contribution in [3.05, 3.63) is 53.7 Å². The number of aromatic nitrogens is 1. The number of anilines is 2. The first kappa shape index (κ1) is 13.8. The van der Waals surface area contributed by atoms with E-state index in [-0.39, 0.29) is 12.1 Å². The molecule has 0 aliphatic heterocycles. The number of benzene rings is 1. The summed E-state index contributed by atoms with van der Waals surface area (Å²) in [4.78, 5) is 15.3. The Bertz CT molecular complexity index is 598. The lowest BCUT2D eigenvalue weighted by Crippen LogP contribution is -2.18. The summed E-state index contributed by atoms with van der Waals surface area (Å²) >= 11 is 0. The minimum Gasteiger partial charge on any atom is -0.399 e. The van der Waals surface area contributed by atoms with Gasteiger partial charge in [-0.15, -0.1) is 0 Å². The maximum absolute atomic E-state index is 11.2. The van der Waals surface area contributed by atoms with Gasteiger partial charge in [-0.2, -0.15) is 0 Å². The Balaban J connectivity index is 2.05. The third-order valence-corrected chi connectivity index (χ3v) is 2.86. The first-order valence-electron chi connectivity index (χ1n) is 6.10. The monoisotopic (exact) mass is 272 g/mol. The number of rotatable bonds is 5. The number of aliphatic hydroxyl groups is 1. The standard InChI is InChI=1S/C14H16N4O2/c15-10-5-3-9(4-6-10)12(19)8-18-14-11(13(16)20)2-1-7-17-14/h1-7,12,19H,8,15H2,(H2,16,20)(H,17,18). The smallest absolute Gasteiger partial charge is 0.252 e. The molecule has 1 atom stereocenters. The zero-order chi connectivity index (χ0) is 14.5. The summed E-state index contributed by atoms with van der Waals surface area (Å²) < 4.78 is 0. The number of nitrogens with zero attached hydrogens (tertiary/aromatic N) is 1. The maximum atomic E-state index is 11.2. The molecular weight excluding hydrogens is 256 g/mol. The van der Waals surface area contributed by atoms with Crippen LogP contribution in [0, 0.1) is 0 Å². The number of carbonyl (C=O) groups is 1. The average molecular weight is 272 g/mol. The molecule has 0 radical (unpaired) electrons. The molecule has 0 saturated carbocycles. The minimum absolute atomic E-state index is 0.210. The number of pyridine rings is 1. The quantitative estimate of drug-likeness (QED) is 0.604. The van der Waals surface area contributed by atoms with Crippen molar-refractivity contribution in [1.82, 2.24) is 4.98 Å². The lowest BCUT2D eigenvalue weighted by molar-refractivity contribution is 0.100. The van der Waals surface area contributed by atoms with Gasteiger partial charge in [-0.25, -0.2) is 4.98 Å². The molecule has 6 heteroatoms. The molecule has 0 spiro atoms. The molecule has 0 fully saturated rings. The normalized spacial score (nSPS) is 11.8. The Kier molecular flexibility index (Phi) is 4.17. The van der Waals surface area contributed by atoms with E-state index in [1.54, 1.807) is 42.6 Å². The number of aliphatic hydroxyl groups excluding tert-OH is 1. The largest absolute Gasteiger partial charge is 0.399 e. The molecule has 2 aromatic rings. The molecule has 1 amide bonds. The van der Waals surface area contributed by atoms with E-state index in [4.69, 9.17) is 11.5 Å². The molecule has 2 rings (SSSR count). The van der Waals surface area contributed by atoms with Crippen molar-refractivity contribution in [3.8, 4) is 0 Å². The molecule has 1 aromatic heterocycles. The van der Waals surface area contributed by atoms with Gasteiger partial charge in [0.25, 0.3) is 5.91 Å². The van der Waals surface area contributed by atoms with Crippen molar-refractivity contribution in [2.24, 2.45) is 5.73 Å². The van der Waals surface area contributed by atoms with Gasteiger partial charge in [-0.3, -0.25) is 4.79 Å². The van der Waals surface area contributed by atoms with E-state index in [9.17, 15) is 9.90 Å². The van der Waals surface area contributed by atoms with E-state index < -0.39 is 12.0 Å². The molecule has 1 unspecified atom stereocenters. The Morgan fingerprint density at radius 3 is 2.65 bits per heavy atom. The van der Waals surface area contributed by atoms with Crippen molar-refractivity contribution in [2.45, 2.75) is 6.10 Å². The van der Waals surface area contributed by atoms with Crippen LogP contribution in [-0.4, -0.2) is 22.5 Å². The Labute approximate surface area is 116 Å². The summed E-state index contributed by atoms with van der Waals surface area (Å²) in [6.45, 7) is 0.210. The van der Waals surface area contributed by atoms with E-state index in [1.807, 2.05) is 0 Å². The minimum atomic E-state index is -0.738. The summed E-state index contributed by atoms with van der Waals surface area (Å²) in [6, 6.07) is 10.1. The highest BCUT2D eigenvalue weighted by molar-refractivity contribution is 5.97. The molecule has 1 aromatic carbocycles. The maximum Gasteiger partial charge on any atom is 0.252 e. The summed E-state index contributed by atoms with van der Waals surface area (Å²) in [7, 11) is 0. The van der Waals surface area contributed by atoms with Crippen LogP contribution < -0.4 is 16.8 Å². The lowest BCUT2D eigenvalue weighted by atomic mass is 10.1. The Morgan fingerprint density at radius 2 is 2.00 bits per heavy atom. The van der Waals surface area contributed by atoms with E-state index in [0.717, 1.165) is 5.56 Å². The molecule has 0 aliphatic rings. The molecule has 0 bridgehead atoms. The molecule has 20 heavy (non-hydrogen) atoms. The van der Waals surface area contributed by atoms with Crippen molar-refractivity contribution < 1.29 is 9.90 Å². The number of amides is 1. The van der Waals surface area contributed by atoms with Crippen molar-refractivity contribution in [2.75, 3.05) is 17.6 Å². The topological polar surface area (TPSA) is 114 Å². The van der Waals surface area contributed by atoms with Crippen LogP contribution in [0.25, 0.3) is 0 Å². The van der Waals surface area contributed by atoms with Gasteiger partial charge >= 0.3 is 0 Å². The second kappa shape index (κ2) is 6.03. The highest BCUT2D eigenvalue weighted by atomic mass is 16.3. The fraction of sp³-hybridized carbons (Fsp3) is 0.143. The van der Waals surface area contributed by atoms with Crippen LogP contribution in [0.1, 0.15) is 22.0 Å². The van der Waals surface area contributed by atoms with Crippen molar-refractivity contribution in [3.63, 3.8) is 0 Å². The van der Waals surface area contributed by atoms with Crippen LogP contribution in [0.4, 0.5) is 11.5 Å². The molecule has 0 saturated heterocycles. The van der Waals surface area contributed by atoms with E-state index in [1.165, 1.54) is 0 Å². The van der Waals surface area contributed by atoms with Gasteiger partial charge in [-0.1, -0.05) is 12.1 Å². The highest BCUT2D eigenvalue weighted by Crippen LogP contribution is 2.17. The van der Waals surface area contributed by atoms with Gasteiger partial charge in [0.15, 0.2) is 0 Å². The zero-order valence-electron chi connectivity index (χ0n) is 10.8. The summed E-state index contributed by atoms with van der Waals surface area (Å²) in [5, 5.41) is 13.0. The molecule has 0 aliphatic carbocycles. The number of nitrogens with two attached hydrogens (primary N) is 2. The second-order valence-electron chi connectivity index (χ2n) is 4.33. The zero-order valence-corrected chi connectivity index (χ0v) is 10.8. The molecule has 104 valence electrons. The summed E-state index contributed by atoms with van der Waals surface area (Å²) in [5.74, 6) is -0.211. The van der Waals surface area contributed by atoms with Crippen molar-refractivity contribution in [1.29, 1.82) is 0 Å². The number of hydrogen-bond acceptors (Lipinski definition) is 5. The number of hydrogen-bond donors (Lipinski definition) is 4. The van der Waals surface area contributed by atoms with Gasteiger partial charge in [0.05, 0.1) is 11.7 Å². The van der Waals surface area contributed by atoms with Gasteiger partial charge in [0.2, 0.25) is 0 Å². The molecule has 1 heterocycles. The van der Waals surface area contributed by atoms with Gasteiger partial charge in [0.1, 0.15) is 5.82 Å². The van der Waals surface area contributed by atoms with Crippen LogP contribution in [0.2, 0.25) is 0 Å². The van der Waals surface area contributed by atoms with E-state index in [2.05, 4.69) is 10.3 Å². The molecule has 6 N–H and O–H groups in total. The van der Waals surface area contributed by atoms with Crippen LogP contribution >= 0.6 is 0 Å². The van der Waals surface area contributed by atoms with Crippen molar-refractivity contribution >= 4 is 17.4 Å². The fourth-order valence-corrected chi connectivity index (χ4v) is 1.77. The average Bonchev–Trinajstić information content (AvgIpc) is 2.45. The third-order valence-electron chi connectivity index (χ3n) is 2.86. The third kappa shape index (κ3) is 3.24. The number of carbonyl (C=O) groups excluding carboxylic acids is 1. The predicted molar refractivity (Wildman–Crippen MR) is 77.1 cm³/mol. The number of nitrogens with one attached hydrogen (secondary N) is 1. The summed E-state index contributed by atoms with van der Waals surface area (Å²) in [6.07, 6.45) is 0.808. The van der Waals surface area contributed by atoms with E-state index >= 15 is 0 Å².